The number of pyridine rings is 1. The lowest BCUT2D eigenvalue weighted by molar-refractivity contribution is -0.116. The molecule has 0 fully saturated rings. The van der Waals surface area contributed by atoms with Crippen LogP contribution in [0.25, 0.3) is 6.08 Å². The second-order valence-corrected chi connectivity index (χ2v) is 13.2. The van der Waals surface area contributed by atoms with E-state index in [4.69, 9.17) is 0 Å². The number of benzene rings is 5. The number of hydrogen-bond acceptors (Lipinski definition) is 7. The minimum Gasteiger partial charge on any atom is -0.324 e. The average molecular weight is 715 g/mol. The zero-order chi connectivity index (χ0) is 36.7. The van der Waals surface area contributed by atoms with Gasteiger partial charge in [0, 0.05) is 45.2 Å². The number of nitrogens with one attached hydrogen (secondary N) is 3. The Bertz CT molecular complexity index is 2380. The van der Waals surface area contributed by atoms with Crippen molar-refractivity contribution in [2.45, 2.75) is 10.1 Å². The molecule has 53 heavy (non-hydrogen) atoms. The van der Waals surface area contributed by atoms with Gasteiger partial charge in [-0.1, -0.05) is 91.0 Å². The van der Waals surface area contributed by atoms with Gasteiger partial charge in [0.2, 0.25) is 5.91 Å². The highest BCUT2D eigenvalue weighted by Crippen LogP contribution is 2.38. The fourth-order valence-corrected chi connectivity index (χ4v) is 6.89. The summed E-state index contributed by atoms with van der Waals surface area (Å²) >= 11 is 1.29. The molecule has 0 radical (unpaired) electrons. The summed E-state index contributed by atoms with van der Waals surface area (Å²) in [5.41, 5.74) is 3.54. The van der Waals surface area contributed by atoms with Gasteiger partial charge in [-0.3, -0.25) is 29.0 Å². The maximum atomic E-state index is 14.0. The van der Waals surface area contributed by atoms with E-state index in [1.54, 1.807) is 128 Å². The molecule has 0 spiro atoms. The van der Waals surface area contributed by atoms with E-state index in [1.807, 2.05) is 30.3 Å². The van der Waals surface area contributed by atoms with Crippen molar-refractivity contribution in [3.05, 3.63) is 197 Å². The van der Waals surface area contributed by atoms with E-state index < -0.39 is 17.1 Å². The standard InChI is InChI=1S/C43H30N4O5S/c48-38-32-16-7-8-17-33(32)39(49)37-34(38)18-9-19-35(37)46-43(52)40(28-12-3-1-4-13-28)53-31-22-20-30(21-23-31)45-42(51)36(25-27-11-10-24-44-26-27)47-41(50)29-14-5-2-6-15-29/h1-26,40H,(H,45,51)(H,46,52)(H,47,50)/b36-25-. The lowest BCUT2D eigenvalue weighted by atomic mass is 9.83. The Morgan fingerprint density at radius 2 is 1.30 bits per heavy atom. The fourth-order valence-electron chi connectivity index (χ4n) is 5.87. The maximum absolute atomic E-state index is 14.0. The second kappa shape index (κ2) is 15.5. The van der Waals surface area contributed by atoms with Crippen molar-refractivity contribution in [3.63, 3.8) is 0 Å². The summed E-state index contributed by atoms with van der Waals surface area (Å²) in [5, 5.41) is 7.75. The van der Waals surface area contributed by atoms with Crippen molar-refractivity contribution in [3.8, 4) is 0 Å². The van der Waals surface area contributed by atoms with Gasteiger partial charge in [0.25, 0.3) is 11.8 Å². The van der Waals surface area contributed by atoms with Crippen LogP contribution in [-0.4, -0.2) is 34.3 Å². The number of thioether (sulfide) groups is 1. The summed E-state index contributed by atoms with van der Waals surface area (Å²) in [7, 11) is 0. The highest BCUT2D eigenvalue weighted by atomic mass is 32.2. The van der Waals surface area contributed by atoms with E-state index in [1.165, 1.54) is 11.8 Å². The molecule has 0 aliphatic heterocycles. The van der Waals surface area contributed by atoms with Crippen LogP contribution in [0.2, 0.25) is 0 Å². The lowest BCUT2D eigenvalue weighted by Gasteiger charge is -2.22. The molecule has 1 aromatic heterocycles. The Balaban J connectivity index is 1.10. The van der Waals surface area contributed by atoms with Crippen LogP contribution in [-0.2, 0) is 9.59 Å². The van der Waals surface area contributed by atoms with Crippen LogP contribution >= 0.6 is 11.8 Å². The molecule has 1 unspecified atom stereocenters. The van der Waals surface area contributed by atoms with Gasteiger partial charge < -0.3 is 16.0 Å². The van der Waals surface area contributed by atoms with E-state index >= 15 is 0 Å². The number of carbonyl (C=O) groups excluding carboxylic acids is 5. The number of anilines is 2. The number of ketones is 2. The third-order valence-corrected chi connectivity index (χ3v) is 9.71. The topological polar surface area (TPSA) is 134 Å². The monoisotopic (exact) mass is 714 g/mol. The summed E-state index contributed by atoms with van der Waals surface area (Å²) in [4.78, 5) is 72.2. The largest absolute Gasteiger partial charge is 0.324 e. The maximum Gasteiger partial charge on any atom is 0.272 e. The Morgan fingerprint density at radius 1 is 0.642 bits per heavy atom. The smallest absolute Gasteiger partial charge is 0.272 e. The van der Waals surface area contributed by atoms with Crippen LogP contribution in [0.5, 0.6) is 0 Å². The van der Waals surface area contributed by atoms with Gasteiger partial charge in [-0.15, -0.1) is 11.8 Å². The van der Waals surface area contributed by atoms with Crippen LogP contribution in [0.4, 0.5) is 11.4 Å². The molecular weight excluding hydrogens is 685 g/mol. The molecule has 9 nitrogen and oxygen atoms in total. The molecular formula is C43H30N4O5S. The van der Waals surface area contributed by atoms with Gasteiger partial charge in [-0.2, -0.15) is 0 Å². The number of fused-ring (bicyclic) bond motifs is 2. The molecule has 3 N–H and O–H groups in total. The molecule has 10 heteroatoms. The van der Waals surface area contributed by atoms with Gasteiger partial charge in [-0.25, -0.2) is 0 Å². The number of hydrogen-bond donors (Lipinski definition) is 3. The fraction of sp³-hybridized carbons (Fsp3) is 0.0233. The first-order valence-corrected chi connectivity index (χ1v) is 17.5. The number of aromatic nitrogens is 1. The Kier molecular flexibility index (Phi) is 10.1. The van der Waals surface area contributed by atoms with Crippen LogP contribution in [0.1, 0.15) is 58.6 Å². The van der Waals surface area contributed by atoms with E-state index in [2.05, 4.69) is 20.9 Å². The third kappa shape index (κ3) is 7.73. The average Bonchev–Trinajstić information content (AvgIpc) is 3.20. The van der Waals surface area contributed by atoms with E-state index in [-0.39, 0.29) is 40.0 Å². The molecule has 3 amide bonds. The molecule has 0 saturated carbocycles. The molecule has 5 aromatic carbocycles. The minimum absolute atomic E-state index is 0.0258. The molecule has 1 aliphatic carbocycles. The molecule has 1 aliphatic rings. The Labute approximate surface area is 309 Å². The van der Waals surface area contributed by atoms with Gasteiger partial charge in [-0.05, 0) is 65.7 Å². The van der Waals surface area contributed by atoms with Gasteiger partial charge in [0.1, 0.15) is 10.9 Å². The number of rotatable bonds is 10. The Hall–Kier alpha value is -6.91. The van der Waals surface area contributed by atoms with Crippen molar-refractivity contribution in [2.24, 2.45) is 0 Å². The lowest BCUT2D eigenvalue weighted by Crippen LogP contribution is -2.30. The van der Waals surface area contributed by atoms with Crippen LogP contribution in [0.3, 0.4) is 0 Å². The SMILES string of the molecule is O=C(Nc1ccc(SC(C(=O)Nc2cccc3c2C(=O)c2ccccc2C3=O)c2ccccc2)cc1)/C(=C/c1cccnc1)NC(=O)c1ccccc1. The summed E-state index contributed by atoms with van der Waals surface area (Å²) in [6.07, 6.45) is 4.74. The second-order valence-electron chi connectivity index (χ2n) is 12.0. The summed E-state index contributed by atoms with van der Waals surface area (Å²) in [6.45, 7) is 0. The molecule has 0 bridgehead atoms. The zero-order valence-corrected chi connectivity index (χ0v) is 28.8. The molecule has 7 rings (SSSR count). The van der Waals surface area contributed by atoms with Gasteiger partial charge in [0.05, 0.1) is 11.3 Å². The number of carbonyl (C=O) groups is 5. The first kappa shape index (κ1) is 34.5. The molecule has 258 valence electrons. The number of nitrogens with zero attached hydrogens (tertiary/aromatic N) is 1. The Morgan fingerprint density at radius 3 is 2.00 bits per heavy atom. The van der Waals surface area contributed by atoms with Crippen molar-refractivity contribution in [1.82, 2.24) is 10.3 Å². The highest BCUT2D eigenvalue weighted by molar-refractivity contribution is 8.00. The van der Waals surface area contributed by atoms with E-state index in [0.29, 0.717) is 27.9 Å². The van der Waals surface area contributed by atoms with Gasteiger partial charge >= 0.3 is 0 Å². The van der Waals surface area contributed by atoms with Crippen molar-refractivity contribution < 1.29 is 24.0 Å². The first-order chi connectivity index (χ1) is 25.9. The van der Waals surface area contributed by atoms with Crippen LogP contribution in [0, 0.1) is 0 Å². The first-order valence-electron chi connectivity index (χ1n) is 16.6. The summed E-state index contributed by atoms with van der Waals surface area (Å²) < 4.78 is 0. The highest BCUT2D eigenvalue weighted by Gasteiger charge is 2.32. The quantitative estimate of drug-likeness (QED) is 0.0975. The third-order valence-electron chi connectivity index (χ3n) is 8.44. The van der Waals surface area contributed by atoms with Gasteiger partial charge in [0.15, 0.2) is 11.6 Å². The van der Waals surface area contributed by atoms with Crippen molar-refractivity contribution in [2.75, 3.05) is 10.6 Å². The predicted octanol–water partition coefficient (Wildman–Crippen LogP) is 7.74. The zero-order valence-electron chi connectivity index (χ0n) is 28.0. The molecule has 1 heterocycles. The summed E-state index contributed by atoms with van der Waals surface area (Å²) in [6, 6.07) is 39.8. The minimum atomic E-state index is -0.739. The normalized spacial score (nSPS) is 12.6. The van der Waals surface area contributed by atoms with Crippen LogP contribution < -0.4 is 16.0 Å². The number of amides is 3. The van der Waals surface area contributed by atoms with Crippen molar-refractivity contribution in [1.29, 1.82) is 0 Å². The molecule has 0 saturated heterocycles. The molecule has 1 atom stereocenters. The van der Waals surface area contributed by atoms with Crippen molar-refractivity contribution >= 4 is 58.5 Å². The predicted molar refractivity (Wildman–Crippen MR) is 205 cm³/mol. The van der Waals surface area contributed by atoms with Crippen LogP contribution in [0.15, 0.2) is 163 Å². The molecule has 6 aromatic rings. The van der Waals surface area contributed by atoms with E-state index in [9.17, 15) is 24.0 Å². The summed E-state index contributed by atoms with van der Waals surface area (Å²) in [5.74, 6) is -1.96. The van der Waals surface area contributed by atoms with E-state index in [0.717, 1.165) is 10.5 Å².